The normalized spacial score (nSPS) is 11.2. The van der Waals surface area contributed by atoms with Gasteiger partial charge in [0, 0.05) is 23.6 Å². The average Bonchev–Trinajstić information content (AvgIpc) is 2.97. The highest BCUT2D eigenvalue weighted by Gasteiger charge is 2.03. The number of aromatic amines is 1. The Bertz CT molecular complexity index is 651. The quantitative estimate of drug-likeness (QED) is 0.734. The third kappa shape index (κ3) is 2.17. The molecule has 0 aliphatic rings. The second-order valence-corrected chi connectivity index (χ2v) is 4.48. The van der Waals surface area contributed by atoms with E-state index in [4.69, 9.17) is 4.42 Å². The number of fused-ring (bicyclic) bond motifs is 1. The van der Waals surface area contributed by atoms with Crippen LogP contribution in [0.5, 0.6) is 0 Å². The molecule has 3 rings (SSSR count). The smallest absolute Gasteiger partial charge is 0.117 e. The van der Waals surface area contributed by atoms with Gasteiger partial charge in [0.2, 0.25) is 0 Å². The molecule has 0 saturated carbocycles. The zero-order chi connectivity index (χ0) is 12.4. The highest BCUT2D eigenvalue weighted by atomic mass is 16.3. The Balaban J connectivity index is 1.66. The van der Waals surface area contributed by atoms with Gasteiger partial charge in [0.05, 0.1) is 6.54 Å². The van der Waals surface area contributed by atoms with Crippen LogP contribution in [0.15, 0.2) is 47.0 Å². The second kappa shape index (κ2) is 4.70. The number of H-pyrrole nitrogens is 1. The third-order valence-corrected chi connectivity index (χ3v) is 3.09. The van der Waals surface area contributed by atoms with Crippen molar-refractivity contribution >= 4 is 10.9 Å². The van der Waals surface area contributed by atoms with Gasteiger partial charge in [-0.15, -0.1) is 0 Å². The van der Waals surface area contributed by atoms with Crippen molar-refractivity contribution in [3.05, 3.63) is 59.7 Å². The Morgan fingerprint density at radius 3 is 2.83 bits per heavy atom. The van der Waals surface area contributed by atoms with E-state index in [9.17, 15) is 0 Å². The van der Waals surface area contributed by atoms with Gasteiger partial charge in [-0.05, 0) is 30.7 Å². The van der Waals surface area contributed by atoms with E-state index < -0.39 is 0 Å². The van der Waals surface area contributed by atoms with Gasteiger partial charge in [0.15, 0.2) is 0 Å². The molecule has 3 nitrogen and oxygen atoms in total. The van der Waals surface area contributed by atoms with Crippen LogP contribution in [0.3, 0.4) is 0 Å². The molecule has 0 radical (unpaired) electrons. The predicted molar refractivity (Wildman–Crippen MR) is 72.3 cm³/mol. The van der Waals surface area contributed by atoms with Gasteiger partial charge in [-0.25, -0.2) is 0 Å². The summed E-state index contributed by atoms with van der Waals surface area (Å²) < 4.78 is 5.52. The van der Waals surface area contributed by atoms with Crippen molar-refractivity contribution in [2.45, 2.75) is 20.0 Å². The predicted octanol–water partition coefficient (Wildman–Crippen LogP) is 3.36. The summed E-state index contributed by atoms with van der Waals surface area (Å²) in [6.45, 7) is 3.56. The van der Waals surface area contributed by atoms with Crippen molar-refractivity contribution in [1.82, 2.24) is 10.3 Å². The number of nitrogens with one attached hydrogen (secondary N) is 2. The lowest BCUT2D eigenvalue weighted by atomic mass is 10.2. The molecule has 3 aromatic rings. The Morgan fingerprint density at radius 2 is 2.00 bits per heavy atom. The standard InChI is InChI=1S/C15H16N2O/c1-11-6-7-13(18-11)10-16-8-12-9-17-15-5-3-2-4-14(12)15/h2-7,9,16-17H,8,10H2,1H3. The number of hydrogen-bond acceptors (Lipinski definition) is 2. The van der Waals surface area contributed by atoms with Crippen molar-refractivity contribution in [2.75, 3.05) is 0 Å². The molecule has 1 aromatic carbocycles. The first-order chi connectivity index (χ1) is 8.83. The van der Waals surface area contributed by atoms with E-state index in [0.29, 0.717) is 0 Å². The molecule has 0 saturated heterocycles. The Kier molecular flexibility index (Phi) is 2.90. The van der Waals surface area contributed by atoms with Crippen LogP contribution < -0.4 is 5.32 Å². The number of furan rings is 1. The molecule has 0 aliphatic carbocycles. The largest absolute Gasteiger partial charge is 0.465 e. The van der Waals surface area contributed by atoms with Crippen LogP contribution in [0.4, 0.5) is 0 Å². The lowest BCUT2D eigenvalue weighted by molar-refractivity contribution is 0.462. The van der Waals surface area contributed by atoms with Crippen LogP contribution in [-0.2, 0) is 13.1 Å². The first-order valence-electron chi connectivity index (χ1n) is 6.14. The molecule has 0 unspecified atom stereocenters. The van der Waals surface area contributed by atoms with Gasteiger partial charge in [-0.1, -0.05) is 18.2 Å². The van der Waals surface area contributed by atoms with Crippen molar-refractivity contribution in [1.29, 1.82) is 0 Å². The number of benzene rings is 1. The third-order valence-electron chi connectivity index (χ3n) is 3.09. The topological polar surface area (TPSA) is 41.0 Å². The molecular formula is C15H16N2O. The fraction of sp³-hybridized carbons (Fsp3) is 0.200. The van der Waals surface area contributed by atoms with E-state index >= 15 is 0 Å². The fourth-order valence-corrected chi connectivity index (χ4v) is 2.18. The van der Waals surface area contributed by atoms with E-state index in [1.54, 1.807) is 0 Å². The second-order valence-electron chi connectivity index (χ2n) is 4.48. The molecule has 0 atom stereocenters. The monoisotopic (exact) mass is 240 g/mol. The number of para-hydroxylation sites is 1. The van der Waals surface area contributed by atoms with Crippen LogP contribution >= 0.6 is 0 Å². The van der Waals surface area contributed by atoms with Gasteiger partial charge in [-0.3, -0.25) is 0 Å². The minimum atomic E-state index is 0.757. The van der Waals surface area contributed by atoms with Gasteiger partial charge in [0.25, 0.3) is 0 Å². The molecular weight excluding hydrogens is 224 g/mol. The Morgan fingerprint density at radius 1 is 1.11 bits per heavy atom. The van der Waals surface area contributed by atoms with Crippen molar-refractivity contribution in [2.24, 2.45) is 0 Å². The van der Waals surface area contributed by atoms with Crippen molar-refractivity contribution < 1.29 is 4.42 Å². The molecule has 3 heteroatoms. The van der Waals surface area contributed by atoms with Gasteiger partial charge >= 0.3 is 0 Å². The summed E-state index contributed by atoms with van der Waals surface area (Å²) >= 11 is 0. The molecule has 18 heavy (non-hydrogen) atoms. The van der Waals surface area contributed by atoms with E-state index in [0.717, 1.165) is 24.6 Å². The molecule has 2 aromatic heterocycles. The van der Waals surface area contributed by atoms with Crippen molar-refractivity contribution in [3.8, 4) is 0 Å². The minimum absolute atomic E-state index is 0.757. The number of hydrogen-bond donors (Lipinski definition) is 2. The molecule has 0 bridgehead atoms. The van der Waals surface area contributed by atoms with Crippen LogP contribution in [0.1, 0.15) is 17.1 Å². The van der Waals surface area contributed by atoms with Gasteiger partial charge < -0.3 is 14.7 Å². The number of rotatable bonds is 4. The Labute approximate surface area is 106 Å². The van der Waals surface area contributed by atoms with E-state index in [1.165, 1.54) is 16.5 Å². The molecule has 0 amide bonds. The zero-order valence-electron chi connectivity index (χ0n) is 10.4. The maximum atomic E-state index is 5.52. The summed E-state index contributed by atoms with van der Waals surface area (Å²) in [4.78, 5) is 3.28. The highest BCUT2D eigenvalue weighted by Crippen LogP contribution is 2.17. The summed E-state index contributed by atoms with van der Waals surface area (Å²) in [5, 5.41) is 4.67. The number of aryl methyl sites for hydroxylation is 1. The number of aromatic nitrogens is 1. The van der Waals surface area contributed by atoms with Gasteiger partial charge in [0.1, 0.15) is 11.5 Å². The molecule has 2 heterocycles. The lowest BCUT2D eigenvalue weighted by Crippen LogP contribution is -2.11. The minimum Gasteiger partial charge on any atom is -0.465 e. The van der Waals surface area contributed by atoms with Crippen LogP contribution in [0.2, 0.25) is 0 Å². The SMILES string of the molecule is Cc1ccc(CNCc2c[nH]c3ccccc23)o1. The van der Waals surface area contributed by atoms with E-state index in [1.807, 2.05) is 25.1 Å². The van der Waals surface area contributed by atoms with Crippen LogP contribution in [0.25, 0.3) is 10.9 Å². The summed E-state index contributed by atoms with van der Waals surface area (Å²) in [5.41, 5.74) is 2.47. The van der Waals surface area contributed by atoms with Crippen molar-refractivity contribution in [3.63, 3.8) is 0 Å². The first kappa shape index (κ1) is 11.1. The van der Waals surface area contributed by atoms with E-state index in [2.05, 4.69) is 34.7 Å². The molecule has 2 N–H and O–H groups in total. The van der Waals surface area contributed by atoms with E-state index in [-0.39, 0.29) is 0 Å². The molecule has 0 fully saturated rings. The first-order valence-corrected chi connectivity index (χ1v) is 6.14. The maximum Gasteiger partial charge on any atom is 0.117 e. The summed E-state index contributed by atoms with van der Waals surface area (Å²) in [6.07, 6.45) is 2.06. The van der Waals surface area contributed by atoms with Crippen LogP contribution in [-0.4, -0.2) is 4.98 Å². The summed E-state index contributed by atoms with van der Waals surface area (Å²) in [5.74, 6) is 1.94. The summed E-state index contributed by atoms with van der Waals surface area (Å²) in [6, 6.07) is 12.3. The van der Waals surface area contributed by atoms with Crippen LogP contribution in [0, 0.1) is 6.92 Å². The maximum absolute atomic E-state index is 5.52. The fourth-order valence-electron chi connectivity index (χ4n) is 2.18. The zero-order valence-corrected chi connectivity index (χ0v) is 10.4. The molecule has 0 spiro atoms. The van der Waals surface area contributed by atoms with Gasteiger partial charge in [-0.2, -0.15) is 0 Å². The Hall–Kier alpha value is -2.00. The highest BCUT2D eigenvalue weighted by molar-refractivity contribution is 5.82. The average molecular weight is 240 g/mol. The summed E-state index contributed by atoms with van der Waals surface area (Å²) in [7, 11) is 0. The molecule has 0 aliphatic heterocycles. The lowest BCUT2D eigenvalue weighted by Gasteiger charge is -2.01. The molecule has 92 valence electrons.